The van der Waals surface area contributed by atoms with Gasteiger partial charge in [-0.05, 0) is 38.7 Å². The van der Waals surface area contributed by atoms with Crippen LogP contribution in [0.2, 0.25) is 0 Å². The fourth-order valence-electron chi connectivity index (χ4n) is 4.00. The molecule has 170 valence electrons. The van der Waals surface area contributed by atoms with Gasteiger partial charge < -0.3 is 9.30 Å². The number of hydrogen-bond acceptors (Lipinski definition) is 5. The Balaban J connectivity index is 1.98. The van der Waals surface area contributed by atoms with Gasteiger partial charge in [-0.3, -0.25) is 23.5 Å². The smallest absolute Gasteiger partial charge is 0.332 e. The standard InChI is InChI=1S/C24H29N3O5/c1-16-14-20(29)21-22(27(16)15-19-11-6-5-7-12-19)25(4)24(31)26(23(21)30)13-9-8-10-17(2)32-18(3)28/h5-7,11-12,14,17H,8-10,13,15H2,1-4H3/t17-/m1/s1. The molecule has 0 fully saturated rings. The first-order valence-electron chi connectivity index (χ1n) is 10.8. The number of aromatic nitrogens is 3. The Hall–Kier alpha value is -3.42. The van der Waals surface area contributed by atoms with Crippen LogP contribution >= 0.6 is 0 Å². The van der Waals surface area contributed by atoms with Crippen LogP contribution in [0, 0.1) is 6.92 Å². The maximum Gasteiger partial charge on any atom is 0.332 e. The molecule has 0 saturated carbocycles. The molecule has 3 rings (SSSR count). The second-order valence-electron chi connectivity index (χ2n) is 8.13. The molecule has 2 aromatic heterocycles. The lowest BCUT2D eigenvalue weighted by atomic mass is 10.1. The minimum Gasteiger partial charge on any atom is -0.463 e. The Kier molecular flexibility index (Phi) is 7.12. The van der Waals surface area contributed by atoms with Crippen LogP contribution in [0.15, 0.2) is 50.8 Å². The number of carbonyl (C=O) groups is 1. The van der Waals surface area contributed by atoms with Crippen molar-refractivity contribution in [2.24, 2.45) is 7.05 Å². The molecule has 0 aliphatic heterocycles. The van der Waals surface area contributed by atoms with E-state index in [1.165, 1.54) is 17.6 Å². The summed E-state index contributed by atoms with van der Waals surface area (Å²) in [6.07, 6.45) is 1.63. The van der Waals surface area contributed by atoms with Crippen molar-refractivity contribution in [3.63, 3.8) is 0 Å². The minimum absolute atomic E-state index is 0.0157. The maximum absolute atomic E-state index is 13.2. The van der Waals surface area contributed by atoms with Crippen molar-refractivity contribution in [3.05, 3.63) is 78.7 Å². The Morgan fingerprint density at radius 3 is 2.41 bits per heavy atom. The quantitative estimate of drug-likeness (QED) is 0.397. The summed E-state index contributed by atoms with van der Waals surface area (Å²) in [5.74, 6) is -0.334. The lowest BCUT2D eigenvalue weighted by Gasteiger charge is -2.18. The summed E-state index contributed by atoms with van der Waals surface area (Å²) in [5.41, 5.74) is 0.593. The predicted molar refractivity (Wildman–Crippen MR) is 123 cm³/mol. The van der Waals surface area contributed by atoms with E-state index < -0.39 is 11.2 Å². The van der Waals surface area contributed by atoms with Crippen LogP contribution in [0.3, 0.4) is 0 Å². The number of rotatable bonds is 8. The predicted octanol–water partition coefficient (Wildman–Crippen LogP) is 2.34. The van der Waals surface area contributed by atoms with E-state index in [1.807, 2.05) is 34.9 Å². The van der Waals surface area contributed by atoms with Crippen LogP contribution in [0.5, 0.6) is 0 Å². The van der Waals surface area contributed by atoms with E-state index in [0.717, 1.165) is 10.1 Å². The van der Waals surface area contributed by atoms with Crippen molar-refractivity contribution in [2.45, 2.75) is 59.2 Å². The summed E-state index contributed by atoms with van der Waals surface area (Å²) >= 11 is 0. The number of nitrogens with zero attached hydrogens (tertiary/aromatic N) is 3. The van der Waals surface area contributed by atoms with Gasteiger partial charge in [0.2, 0.25) is 0 Å². The molecule has 2 heterocycles. The molecule has 0 N–H and O–H groups in total. The van der Waals surface area contributed by atoms with Crippen LogP contribution < -0.4 is 16.7 Å². The number of benzene rings is 1. The topological polar surface area (TPSA) is 92.3 Å². The SMILES string of the molecule is CC(=O)O[C@H](C)CCCCn1c(=O)c2c(=O)cc(C)n(Cc3ccccc3)c2n(C)c1=O. The molecule has 0 bridgehead atoms. The van der Waals surface area contributed by atoms with Gasteiger partial charge >= 0.3 is 11.7 Å². The highest BCUT2D eigenvalue weighted by Crippen LogP contribution is 2.12. The summed E-state index contributed by atoms with van der Waals surface area (Å²) in [6.45, 7) is 5.60. The fraction of sp³-hybridized carbons (Fsp3) is 0.417. The number of carbonyl (C=O) groups excluding carboxylic acids is 1. The first-order valence-corrected chi connectivity index (χ1v) is 10.8. The highest BCUT2D eigenvalue weighted by molar-refractivity contribution is 5.75. The summed E-state index contributed by atoms with van der Waals surface area (Å²) in [6, 6.07) is 11.1. The first kappa shape index (κ1) is 23.2. The van der Waals surface area contributed by atoms with Crippen molar-refractivity contribution in [3.8, 4) is 0 Å². The van der Waals surface area contributed by atoms with E-state index in [4.69, 9.17) is 4.74 Å². The van der Waals surface area contributed by atoms with E-state index in [2.05, 4.69) is 0 Å². The highest BCUT2D eigenvalue weighted by atomic mass is 16.5. The normalized spacial score (nSPS) is 12.1. The highest BCUT2D eigenvalue weighted by Gasteiger charge is 2.18. The van der Waals surface area contributed by atoms with Crippen molar-refractivity contribution in [1.82, 2.24) is 13.7 Å². The molecule has 0 aliphatic rings. The van der Waals surface area contributed by atoms with Crippen LogP contribution in [-0.4, -0.2) is 25.8 Å². The molecular formula is C24H29N3O5. The molecule has 0 unspecified atom stereocenters. The molecule has 0 spiro atoms. The molecule has 0 aliphatic carbocycles. The zero-order valence-corrected chi connectivity index (χ0v) is 19.0. The molecular weight excluding hydrogens is 410 g/mol. The van der Waals surface area contributed by atoms with Crippen LogP contribution in [-0.2, 0) is 29.7 Å². The van der Waals surface area contributed by atoms with Crippen molar-refractivity contribution < 1.29 is 9.53 Å². The molecule has 1 aromatic carbocycles. The number of esters is 1. The Morgan fingerprint density at radius 2 is 1.75 bits per heavy atom. The molecule has 3 aromatic rings. The Morgan fingerprint density at radius 1 is 1.06 bits per heavy atom. The van der Waals surface area contributed by atoms with Gasteiger partial charge in [-0.15, -0.1) is 0 Å². The molecule has 0 saturated heterocycles. The lowest BCUT2D eigenvalue weighted by Crippen LogP contribution is -2.42. The monoisotopic (exact) mass is 439 g/mol. The van der Waals surface area contributed by atoms with E-state index in [9.17, 15) is 19.2 Å². The number of ether oxygens (including phenoxy) is 1. The van der Waals surface area contributed by atoms with Gasteiger partial charge in [0.05, 0.1) is 6.10 Å². The number of aryl methyl sites for hydroxylation is 2. The van der Waals surface area contributed by atoms with E-state index >= 15 is 0 Å². The van der Waals surface area contributed by atoms with Crippen molar-refractivity contribution in [2.75, 3.05) is 0 Å². The second-order valence-corrected chi connectivity index (χ2v) is 8.13. The largest absolute Gasteiger partial charge is 0.463 e. The summed E-state index contributed by atoms with van der Waals surface area (Å²) in [7, 11) is 1.59. The average molecular weight is 440 g/mol. The van der Waals surface area contributed by atoms with Crippen molar-refractivity contribution in [1.29, 1.82) is 0 Å². The zero-order chi connectivity index (χ0) is 23.4. The number of pyridine rings is 1. The molecule has 0 radical (unpaired) electrons. The minimum atomic E-state index is -0.567. The van der Waals surface area contributed by atoms with Gasteiger partial charge in [0.25, 0.3) is 5.56 Å². The van der Waals surface area contributed by atoms with Crippen LogP contribution in [0.1, 0.15) is 44.4 Å². The van der Waals surface area contributed by atoms with Crippen LogP contribution in [0.4, 0.5) is 0 Å². The summed E-state index contributed by atoms with van der Waals surface area (Å²) in [5, 5.41) is 0.0157. The summed E-state index contributed by atoms with van der Waals surface area (Å²) < 4.78 is 9.44. The van der Waals surface area contributed by atoms with Gasteiger partial charge in [-0.25, -0.2) is 4.79 Å². The van der Waals surface area contributed by atoms with Gasteiger partial charge in [0, 0.05) is 38.8 Å². The van der Waals surface area contributed by atoms with Gasteiger partial charge in [-0.2, -0.15) is 0 Å². The summed E-state index contributed by atoms with van der Waals surface area (Å²) in [4.78, 5) is 50.0. The third-order valence-corrected chi connectivity index (χ3v) is 5.58. The number of hydrogen-bond donors (Lipinski definition) is 0. The molecule has 8 nitrogen and oxygen atoms in total. The Bertz CT molecular complexity index is 1300. The van der Waals surface area contributed by atoms with Gasteiger partial charge in [0.1, 0.15) is 11.0 Å². The molecule has 0 amide bonds. The lowest BCUT2D eigenvalue weighted by molar-refractivity contribution is -0.145. The molecule has 32 heavy (non-hydrogen) atoms. The zero-order valence-electron chi connectivity index (χ0n) is 19.0. The van der Waals surface area contributed by atoms with Gasteiger partial charge in [-0.1, -0.05) is 30.3 Å². The maximum atomic E-state index is 13.2. The second kappa shape index (κ2) is 9.80. The Labute approximate surface area is 185 Å². The van der Waals surface area contributed by atoms with E-state index in [1.54, 1.807) is 20.9 Å². The number of unbranched alkanes of at least 4 members (excludes halogenated alkanes) is 1. The molecule has 8 heteroatoms. The molecule has 1 atom stereocenters. The van der Waals surface area contributed by atoms with E-state index in [0.29, 0.717) is 37.1 Å². The third-order valence-electron chi connectivity index (χ3n) is 5.58. The first-order chi connectivity index (χ1) is 15.2. The van der Waals surface area contributed by atoms with Crippen molar-refractivity contribution >= 4 is 17.0 Å². The third kappa shape index (κ3) is 4.90. The van der Waals surface area contributed by atoms with Crippen LogP contribution in [0.25, 0.3) is 11.0 Å². The van der Waals surface area contributed by atoms with Gasteiger partial charge in [0.15, 0.2) is 5.43 Å². The van der Waals surface area contributed by atoms with E-state index in [-0.39, 0.29) is 29.4 Å². The average Bonchev–Trinajstić information content (AvgIpc) is 2.73. The number of fused-ring (bicyclic) bond motifs is 1. The fourth-order valence-corrected chi connectivity index (χ4v) is 4.00.